The fraction of sp³-hybridized carbons (Fsp3) is 0.435. The van der Waals surface area contributed by atoms with Crippen molar-refractivity contribution >= 4 is 38.2 Å². The van der Waals surface area contributed by atoms with Crippen molar-refractivity contribution in [2.75, 3.05) is 6.61 Å². The minimum absolute atomic E-state index is 0.0228. The van der Waals surface area contributed by atoms with Gasteiger partial charge in [0.1, 0.15) is 23.0 Å². The molecule has 0 radical (unpaired) electrons. The van der Waals surface area contributed by atoms with Crippen molar-refractivity contribution in [2.45, 2.75) is 58.0 Å². The van der Waals surface area contributed by atoms with Gasteiger partial charge < -0.3 is 29.2 Å². The number of aromatic nitrogens is 2. The first kappa shape index (κ1) is 30.8. The molecule has 2 aromatic rings. The lowest BCUT2D eigenvalue weighted by Crippen LogP contribution is -2.48. The Labute approximate surface area is 225 Å². The third-order valence-electron chi connectivity index (χ3n) is 4.80. The molecule has 1 aromatic carbocycles. The van der Waals surface area contributed by atoms with E-state index in [1.54, 1.807) is 32.0 Å². The topological polar surface area (TPSA) is 144 Å². The van der Waals surface area contributed by atoms with Gasteiger partial charge in [-0.05, 0) is 58.1 Å². The van der Waals surface area contributed by atoms with Crippen LogP contribution in [0.2, 0.25) is 0 Å². The summed E-state index contributed by atoms with van der Waals surface area (Å²) in [4.78, 5) is 15.0. The maximum atomic E-state index is 13.7. The summed E-state index contributed by atoms with van der Waals surface area (Å²) in [6, 6.07) is 8.41. The van der Waals surface area contributed by atoms with Gasteiger partial charge >= 0.3 is 13.7 Å². The van der Waals surface area contributed by atoms with Gasteiger partial charge in [-0.2, -0.15) is 5.09 Å². The first-order valence-electron chi connectivity index (χ1n) is 11.1. The van der Waals surface area contributed by atoms with Crippen LogP contribution >= 0.6 is 32.2 Å². The zero-order valence-electron chi connectivity index (χ0n) is 20.7. The number of nitrogens with zero attached hydrogens (tertiary/aromatic N) is 1. The second kappa shape index (κ2) is 13.4. The molecular weight excluding hydrogens is 541 g/mol. The number of terminal acetylenes is 1. The van der Waals surface area contributed by atoms with E-state index in [0.29, 0.717) is 4.64 Å². The van der Waals surface area contributed by atoms with Crippen LogP contribution in [0.4, 0.5) is 0 Å². The quantitative estimate of drug-likeness (QED) is 0.0920. The molecule has 5 atom stereocenters. The van der Waals surface area contributed by atoms with Gasteiger partial charge in [0.05, 0.1) is 12.2 Å². The number of esters is 1. The molecule has 0 spiro atoms. The number of ether oxygens (including phenoxy) is 2. The van der Waals surface area contributed by atoms with Crippen molar-refractivity contribution in [1.82, 2.24) is 14.6 Å². The van der Waals surface area contributed by atoms with Crippen molar-refractivity contribution in [3.63, 3.8) is 0 Å². The van der Waals surface area contributed by atoms with Crippen LogP contribution in [0.15, 0.2) is 42.6 Å². The second-order valence-corrected chi connectivity index (χ2v) is 10.7. The van der Waals surface area contributed by atoms with Crippen molar-refractivity contribution < 1.29 is 38.1 Å². The zero-order chi connectivity index (χ0) is 27.8. The van der Waals surface area contributed by atoms with Gasteiger partial charge in [-0.3, -0.25) is 13.9 Å². The summed E-state index contributed by atoms with van der Waals surface area (Å²) >= 11 is 10.1. The van der Waals surface area contributed by atoms with E-state index in [0.717, 1.165) is 4.57 Å². The summed E-state index contributed by atoms with van der Waals surface area (Å²) in [5, 5.41) is 23.7. The SMILES string of the molecule is C#C[C@](COP(=O)(N[C@@H](C)C(=O)OC(C)C)Oc1ccccc1)(O[C@H](O)n1ccc(=S)[nH]c1=S)[C@@H](C)O. The number of para-hydroxylation sites is 1. The highest BCUT2D eigenvalue weighted by molar-refractivity contribution is 7.72. The standard InChI is InChI=1S/C23H30N3O8PS2/c1-6-23(17(5)27,33-22(29)26-13-12-19(36)24-21(26)37)14-31-35(30,34-18-10-8-7-9-11-18)25-16(4)20(28)32-15(2)3/h1,7-13,15-17,22,27,29H,14H2,2-5H3,(H,25,30)(H,24,36,37)/t16-,17+,22-,23+,35?/m0/s1. The number of rotatable bonds is 13. The summed E-state index contributed by atoms with van der Waals surface area (Å²) in [7, 11) is -4.34. The fourth-order valence-electron chi connectivity index (χ4n) is 2.81. The lowest BCUT2D eigenvalue weighted by atomic mass is 10.00. The van der Waals surface area contributed by atoms with E-state index < -0.39 is 50.6 Å². The van der Waals surface area contributed by atoms with E-state index in [1.165, 1.54) is 38.2 Å². The summed E-state index contributed by atoms with van der Waals surface area (Å²) in [5.74, 6) is 1.72. The second-order valence-electron chi connectivity index (χ2n) is 8.18. The zero-order valence-corrected chi connectivity index (χ0v) is 23.2. The van der Waals surface area contributed by atoms with Crippen LogP contribution in [0, 0.1) is 21.8 Å². The molecule has 0 bridgehead atoms. The third kappa shape index (κ3) is 8.84. The van der Waals surface area contributed by atoms with E-state index in [9.17, 15) is 19.6 Å². The molecule has 0 aliphatic rings. The summed E-state index contributed by atoms with van der Waals surface area (Å²) < 4.78 is 37.1. The number of carbonyl (C=O) groups is 1. The lowest BCUT2D eigenvalue weighted by molar-refractivity contribution is -0.239. The first-order valence-corrected chi connectivity index (χ1v) is 13.5. The van der Waals surface area contributed by atoms with Crippen LogP contribution in [0.5, 0.6) is 5.75 Å². The average Bonchev–Trinajstić information content (AvgIpc) is 2.81. The molecule has 1 heterocycles. The van der Waals surface area contributed by atoms with Crippen LogP contribution in [0.25, 0.3) is 0 Å². The molecule has 4 N–H and O–H groups in total. The molecule has 0 aliphatic carbocycles. The molecule has 0 fully saturated rings. The number of carbonyl (C=O) groups excluding carboxylic acids is 1. The average molecular weight is 572 g/mol. The summed E-state index contributed by atoms with van der Waals surface area (Å²) in [6.45, 7) is 5.32. The van der Waals surface area contributed by atoms with Crippen LogP contribution < -0.4 is 9.61 Å². The highest BCUT2D eigenvalue weighted by atomic mass is 32.1. The Kier molecular flexibility index (Phi) is 11.2. The predicted octanol–water partition coefficient (Wildman–Crippen LogP) is 3.63. The molecule has 11 nitrogen and oxygen atoms in total. The first-order chi connectivity index (χ1) is 17.3. The Morgan fingerprint density at radius 1 is 1.22 bits per heavy atom. The van der Waals surface area contributed by atoms with Gasteiger partial charge in [-0.25, -0.2) is 4.57 Å². The number of nitrogens with one attached hydrogen (secondary N) is 2. The number of hydrogen-bond donors (Lipinski definition) is 4. The number of benzene rings is 1. The maximum Gasteiger partial charge on any atom is 0.459 e. The van der Waals surface area contributed by atoms with E-state index >= 15 is 0 Å². The molecule has 1 aromatic heterocycles. The Hall–Kier alpha value is -2.40. The number of hydrogen-bond acceptors (Lipinski definition) is 10. The Morgan fingerprint density at radius 3 is 2.41 bits per heavy atom. The number of aromatic amines is 1. The van der Waals surface area contributed by atoms with Gasteiger partial charge in [0.25, 0.3) is 0 Å². The summed E-state index contributed by atoms with van der Waals surface area (Å²) in [5.41, 5.74) is -2.03. The van der Waals surface area contributed by atoms with Gasteiger partial charge in [-0.1, -0.05) is 36.3 Å². The van der Waals surface area contributed by atoms with Crippen LogP contribution in [-0.4, -0.2) is 56.2 Å². The highest BCUT2D eigenvalue weighted by Gasteiger charge is 2.42. The largest absolute Gasteiger partial charge is 0.462 e. The molecule has 37 heavy (non-hydrogen) atoms. The van der Waals surface area contributed by atoms with Crippen LogP contribution in [0.3, 0.4) is 0 Å². The Morgan fingerprint density at radius 2 is 1.86 bits per heavy atom. The molecule has 0 saturated heterocycles. The molecule has 14 heteroatoms. The van der Waals surface area contributed by atoms with Crippen molar-refractivity contribution in [3.05, 3.63) is 52.0 Å². The normalized spacial score (nSPS) is 17.0. The number of aliphatic hydroxyl groups is 2. The van der Waals surface area contributed by atoms with Gasteiger partial charge in [0.15, 0.2) is 10.4 Å². The van der Waals surface area contributed by atoms with Crippen molar-refractivity contribution in [1.29, 1.82) is 0 Å². The maximum absolute atomic E-state index is 13.7. The molecule has 202 valence electrons. The summed E-state index contributed by atoms with van der Waals surface area (Å²) in [6.07, 6.45) is 3.41. The highest BCUT2D eigenvalue weighted by Crippen LogP contribution is 2.46. The van der Waals surface area contributed by atoms with Crippen molar-refractivity contribution in [2.24, 2.45) is 0 Å². The Balaban J connectivity index is 2.34. The minimum Gasteiger partial charge on any atom is -0.462 e. The van der Waals surface area contributed by atoms with Gasteiger partial charge in [0.2, 0.25) is 6.41 Å². The molecule has 0 aliphatic heterocycles. The molecule has 2 rings (SSSR count). The van der Waals surface area contributed by atoms with E-state index in [4.69, 9.17) is 49.4 Å². The lowest BCUT2D eigenvalue weighted by Gasteiger charge is -2.34. The van der Waals surface area contributed by atoms with Crippen molar-refractivity contribution in [3.8, 4) is 18.1 Å². The number of aliphatic hydroxyl groups excluding tert-OH is 2. The predicted molar refractivity (Wildman–Crippen MR) is 140 cm³/mol. The fourth-order valence-corrected chi connectivity index (χ4v) is 4.81. The van der Waals surface area contributed by atoms with E-state index in [-0.39, 0.29) is 10.5 Å². The van der Waals surface area contributed by atoms with E-state index in [2.05, 4.69) is 16.0 Å². The molecular formula is C23H30N3O8PS2. The minimum atomic E-state index is -4.34. The van der Waals surface area contributed by atoms with Gasteiger partial charge in [0, 0.05) is 6.20 Å². The molecule has 1 unspecified atom stereocenters. The molecule has 0 amide bonds. The molecule has 0 saturated carbocycles. The van der Waals surface area contributed by atoms with E-state index in [1.807, 2.05) is 0 Å². The smallest absolute Gasteiger partial charge is 0.459 e. The Bertz CT molecular complexity index is 1260. The monoisotopic (exact) mass is 571 g/mol. The van der Waals surface area contributed by atoms with Crippen LogP contribution in [0.1, 0.15) is 34.1 Å². The van der Waals surface area contributed by atoms with Crippen LogP contribution in [-0.2, 0) is 23.4 Å². The van der Waals surface area contributed by atoms with Gasteiger partial charge in [-0.15, -0.1) is 6.42 Å². The third-order valence-corrected chi connectivity index (χ3v) is 6.97. The number of H-pyrrole nitrogens is 1.